The smallest absolute Gasteiger partial charge is 0.193 e. The third kappa shape index (κ3) is 2.05. The number of imidazole rings is 1. The van der Waals surface area contributed by atoms with Crippen molar-refractivity contribution in [3.8, 4) is 0 Å². The summed E-state index contributed by atoms with van der Waals surface area (Å²) in [7, 11) is 0. The van der Waals surface area contributed by atoms with Gasteiger partial charge in [-0.15, -0.1) is 11.3 Å². The van der Waals surface area contributed by atoms with Gasteiger partial charge in [0.15, 0.2) is 4.96 Å². The highest BCUT2D eigenvalue weighted by atomic mass is 32.1. The van der Waals surface area contributed by atoms with Crippen molar-refractivity contribution in [2.45, 2.75) is 18.9 Å². The zero-order chi connectivity index (χ0) is 12.6. The number of hydrogen-bond acceptors (Lipinski definition) is 3. The average Bonchev–Trinajstić information content (AvgIpc) is 2.90. The molecule has 3 nitrogen and oxygen atoms in total. The zero-order valence-corrected chi connectivity index (χ0v) is 10.9. The maximum atomic E-state index is 10.6. The number of hydrogen-bond donors (Lipinski definition) is 1. The fraction of sp³-hybridized carbons (Fsp3) is 0.214. The molecule has 4 heteroatoms. The molecule has 0 bridgehead atoms. The van der Waals surface area contributed by atoms with E-state index in [-0.39, 0.29) is 0 Å². The second kappa shape index (κ2) is 4.23. The van der Waals surface area contributed by atoms with Crippen molar-refractivity contribution < 1.29 is 5.11 Å². The lowest BCUT2D eigenvalue weighted by Crippen LogP contribution is -2.24. The van der Waals surface area contributed by atoms with Crippen molar-refractivity contribution >= 4 is 16.3 Å². The highest BCUT2D eigenvalue weighted by Crippen LogP contribution is 2.25. The Morgan fingerprint density at radius 2 is 2.11 bits per heavy atom. The van der Waals surface area contributed by atoms with Gasteiger partial charge in [-0.05, 0) is 12.5 Å². The van der Waals surface area contributed by atoms with Gasteiger partial charge < -0.3 is 5.11 Å². The van der Waals surface area contributed by atoms with E-state index >= 15 is 0 Å². The Kier molecular flexibility index (Phi) is 2.69. The van der Waals surface area contributed by atoms with Crippen LogP contribution in [0.2, 0.25) is 0 Å². The molecule has 0 amide bonds. The van der Waals surface area contributed by atoms with Crippen LogP contribution in [0, 0.1) is 0 Å². The summed E-state index contributed by atoms with van der Waals surface area (Å²) in [6.45, 7) is 1.83. The van der Waals surface area contributed by atoms with Crippen LogP contribution in [0.4, 0.5) is 0 Å². The minimum absolute atomic E-state index is 0.519. The predicted molar refractivity (Wildman–Crippen MR) is 72.8 cm³/mol. The molecule has 18 heavy (non-hydrogen) atoms. The summed E-state index contributed by atoms with van der Waals surface area (Å²) in [4.78, 5) is 5.47. The number of fused-ring (bicyclic) bond motifs is 1. The van der Waals surface area contributed by atoms with E-state index < -0.39 is 5.60 Å². The van der Waals surface area contributed by atoms with Crippen LogP contribution in [0.25, 0.3) is 4.96 Å². The lowest BCUT2D eigenvalue weighted by atomic mass is 9.91. The minimum Gasteiger partial charge on any atom is -0.385 e. The average molecular weight is 258 g/mol. The van der Waals surface area contributed by atoms with Gasteiger partial charge in [0.2, 0.25) is 0 Å². The van der Waals surface area contributed by atoms with Crippen LogP contribution in [0.15, 0.2) is 48.1 Å². The van der Waals surface area contributed by atoms with E-state index in [0.717, 1.165) is 16.2 Å². The van der Waals surface area contributed by atoms with Crippen LogP contribution < -0.4 is 0 Å². The normalized spacial score (nSPS) is 14.8. The molecule has 0 saturated carbocycles. The SMILES string of the molecule is CC(O)(Cc1cn2ccsc2n1)c1ccccc1. The first-order valence-corrected chi connectivity index (χ1v) is 6.72. The molecular weight excluding hydrogens is 244 g/mol. The maximum absolute atomic E-state index is 10.6. The summed E-state index contributed by atoms with van der Waals surface area (Å²) in [5.41, 5.74) is 0.947. The maximum Gasteiger partial charge on any atom is 0.193 e. The van der Waals surface area contributed by atoms with Crippen LogP contribution in [-0.2, 0) is 12.0 Å². The lowest BCUT2D eigenvalue weighted by Gasteiger charge is -2.22. The lowest BCUT2D eigenvalue weighted by molar-refractivity contribution is 0.0567. The van der Waals surface area contributed by atoms with E-state index in [0.29, 0.717) is 6.42 Å². The van der Waals surface area contributed by atoms with Crippen LogP contribution >= 0.6 is 11.3 Å². The molecule has 0 aliphatic heterocycles. The molecule has 0 aliphatic rings. The molecule has 0 spiro atoms. The number of aromatic nitrogens is 2. The van der Waals surface area contributed by atoms with Crippen molar-refractivity contribution in [2.24, 2.45) is 0 Å². The Hall–Kier alpha value is -1.65. The summed E-state index contributed by atoms with van der Waals surface area (Å²) in [5.74, 6) is 0. The standard InChI is InChI=1S/C14H14N2OS/c1-14(17,11-5-3-2-4-6-11)9-12-10-16-7-8-18-13(16)15-12/h2-8,10,17H,9H2,1H3. The monoisotopic (exact) mass is 258 g/mol. The van der Waals surface area contributed by atoms with Gasteiger partial charge in [0.1, 0.15) is 0 Å². The third-order valence-electron chi connectivity index (χ3n) is 3.06. The molecule has 0 aliphatic carbocycles. The van der Waals surface area contributed by atoms with Gasteiger partial charge in [0.05, 0.1) is 11.3 Å². The molecule has 1 N–H and O–H groups in total. The van der Waals surface area contributed by atoms with Gasteiger partial charge in [-0.25, -0.2) is 4.98 Å². The van der Waals surface area contributed by atoms with E-state index in [1.807, 2.05) is 59.4 Å². The Labute approximate surface area is 109 Å². The van der Waals surface area contributed by atoms with Gasteiger partial charge >= 0.3 is 0 Å². The van der Waals surface area contributed by atoms with Crippen molar-refractivity contribution in [1.29, 1.82) is 0 Å². The first kappa shape index (κ1) is 11.4. The second-order valence-corrected chi connectivity index (χ2v) is 5.51. The number of rotatable bonds is 3. The quantitative estimate of drug-likeness (QED) is 0.784. The van der Waals surface area contributed by atoms with Crippen molar-refractivity contribution in [3.05, 3.63) is 59.4 Å². The summed E-state index contributed by atoms with van der Waals surface area (Å²) in [5, 5.41) is 12.6. The second-order valence-electron chi connectivity index (χ2n) is 4.64. The molecule has 1 unspecified atom stereocenters. The summed E-state index contributed by atoms with van der Waals surface area (Å²) in [6.07, 6.45) is 4.47. The third-order valence-corrected chi connectivity index (χ3v) is 3.83. The minimum atomic E-state index is -0.884. The van der Waals surface area contributed by atoms with E-state index in [2.05, 4.69) is 4.98 Å². The molecule has 1 aromatic carbocycles. The molecule has 3 rings (SSSR count). The first-order chi connectivity index (χ1) is 8.65. The van der Waals surface area contributed by atoms with Gasteiger partial charge in [0, 0.05) is 24.2 Å². The largest absolute Gasteiger partial charge is 0.385 e. The molecule has 2 heterocycles. The van der Waals surface area contributed by atoms with Gasteiger partial charge in [-0.2, -0.15) is 0 Å². The molecule has 0 radical (unpaired) electrons. The molecule has 92 valence electrons. The Bertz CT molecular complexity index is 626. The number of nitrogens with zero attached hydrogens (tertiary/aromatic N) is 2. The molecule has 0 fully saturated rings. The fourth-order valence-corrected chi connectivity index (χ4v) is 2.83. The van der Waals surface area contributed by atoms with Gasteiger partial charge in [0.25, 0.3) is 0 Å². The topological polar surface area (TPSA) is 37.5 Å². The Morgan fingerprint density at radius 1 is 1.33 bits per heavy atom. The molecule has 3 aromatic rings. The summed E-state index contributed by atoms with van der Waals surface area (Å²) >= 11 is 1.60. The fourth-order valence-electron chi connectivity index (χ4n) is 2.11. The van der Waals surface area contributed by atoms with E-state index in [4.69, 9.17) is 0 Å². The Morgan fingerprint density at radius 3 is 2.83 bits per heavy atom. The predicted octanol–water partition coefficient (Wildman–Crippen LogP) is 2.85. The van der Waals surface area contributed by atoms with Gasteiger partial charge in [-0.1, -0.05) is 30.3 Å². The molecule has 2 aromatic heterocycles. The van der Waals surface area contributed by atoms with E-state index in [1.165, 1.54) is 0 Å². The zero-order valence-electron chi connectivity index (χ0n) is 10.1. The van der Waals surface area contributed by atoms with Crippen LogP contribution in [0.5, 0.6) is 0 Å². The first-order valence-electron chi connectivity index (χ1n) is 5.84. The van der Waals surface area contributed by atoms with Crippen molar-refractivity contribution in [1.82, 2.24) is 9.38 Å². The summed E-state index contributed by atoms with van der Waals surface area (Å²) < 4.78 is 1.99. The van der Waals surface area contributed by atoms with E-state index in [1.54, 1.807) is 11.3 Å². The Balaban J connectivity index is 1.89. The highest BCUT2D eigenvalue weighted by molar-refractivity contribution is 7.15. The van der Waals surface area contributed by atoms with Crippen molar-refractivity contribution in [3.63, 3.8) is 0 Å². The van der Waals surface area contributed by atoms with Crippen LogP contribution in [0.1, 0.15) is 18.2 Å². The molecule has 1 atom stereocenters. The van der Waals surface area contributed by atoms with Crippen LogP contribution in [-0.4, -0.2) is 14.5 Å². The van der Waals surface area contributed by atoms with Crippen LogP contribution in [0.3, 0.4) is 0 Å². The number of aliphatic hydroxyl groups is 1. The van der Waals surface area contributed by atoms with Crippen molar-refractivity contribution in [2.75, 3.05) is 0 Å². The number of thiazole rings is 1. The molecular formula is C14H14N2OS. The van der Waals surface area contributed by atoms with Gasteiger partial charge in [-0.3, -0.25) is 4.40 Å². The van der Waals surface area contributed by atoms with E-state index in [9.17, 15) is 5.11 Å². The molecule has 0 saturated heterocycles. The summed E-state index contributed by atoms with van der Waals surface area (Å²) in [6, 6.07) is 9.72. The highest BCUT2D eigenvalue weighted by Gasteiger charge is 2.24. The number of benzene rings is 1.